The Morgan fingerprint density at radius 1 is 1.18 bits per heavy atom. The molecular weight excluding hydrogens is 358 g/mol. The minimum absolute atomic E-state index is 0.00580. The molecule has 0 aliphatic carbocycles. The maximum atomic E-state index is 12.2. The first-order valence-corrected chi connectivity index (χ1v) is 9.09. The molecule has 2 aromatic rings. The van der Waals surface area contributed by atoms with Crippen LogP contribution in [-0.2, 0) is 22.6 Å². The second-order valence-electron chi connectivity index (χ2n) is 6.57. The quantitative estimate of drug-likeness (QED) is 0.488. The van der Waals surface area contributed by atoms with E-state index in [1.165, 1.54) is 23.8 Å². The standard InChI is InChI=1S/C21H21N3O4/c1-2-21(26)23-12-11-16-6-7-18(13-17(16)14-23)22-20(25)10-5-15-3-8-19(9-4-15)24(27)28/h3-10,13H,2,11-12,14H2,1H3,(H,22,25)/b10-5+. The predicted molar refractivity (Wildman–Crippen MR) is 107 cm³/mol. The van der Waals surface area contributed by atoms with Gasteiger partial charge in [-0.3, -0.25) is 19.7 Å². The van der Waals surface area contributed by atoms with Crippen molar-refractivity contribution in [1.82, 2.24) is 4.90 Å². The minimum atomic E-state index is -0.467. The molecule has 1 aliphatic rings. The van der Waals surface area contributed by atoms with Gasteiger partial charge in [0.25, 0.3) is 5.69 Å². The number of anilines is 1. The molecule has 2 amide bonds. The Balaban J connectivity index is 1.64. The van der Waals surface area contributed by atoms with Crippen molar-refractivity contribution in [3.63, 3.8) is 0 Å². The number of benzene rings is 2. The van der Waals surface area contributed by atoms with E-state index in [0.717, 1.165) is 18.5 Å². The number of non-ortho nitro benzene ring substituents is 1. The zero-order chi connectivity index (χ0) is 20.1. The van der Waals surface area contributed by atoms with E-state index in [2.05, 4.69) is 5.32 Å². The number of carbonyl (C=O) groups is 2. The summed E-state index contributed by atoms with van der Waals surface area (Å²) in [6.07, 6.45) is 4.28. The van der Waals surface area contributed by atoms with E-state index in [-0.39, 0.29) is 17.5 Å². The van der Waals surface area contributed by atoms with Crippen molar-refractivity contribution < 1.29 is 14.5 Å². The Labute approximate surface area is 162 Å². The highest BCUT2D eigenvalue weighted by Gasteiger charge is 2.19. The number of nitrogens with zero attached hydrogens (tertiary/aromatic N) is 2. The zero-order valence-electron chi connectivity index (χ0n) is 15.6. The molecule has 7 nitrogen and oxygen atoms in total. The van der Waals surface area contributed by atoms with Crippen LogP contribution in [0.4, 0.5) is 11.4 Å². The third-order valence-corrected chi connectivity index (χ3v) is 4.67. The fourth-order valence-electron chi connectivity index (χ4n) is 3.13. The highest BCUT2D eigenvalue weighted by atomic mass is 16.6. The first kappa shape index (κ1) is 19.3. The number of nitro benzene ring substituents is 1. The summed E-state index contributed by atoms with van der Waals surface area (Å²) < 4.78 is 0. The van der Waals surface area contributed by atoms with Gasteiger partial charge in [0.15, 0.2) is 0 Å². The lowest BCUT2D eigenvalue weighted by Gasteiger charge is -2.29. The lowest BCUT2D eigenvalue weighted by molar-refractivity contribution is -0.384. The largest absolute Gasteiger partial charge is 0.338 e. The van der Waals surface area contributed by atoms with E-state index in [4.69, 9.17) is 0 Å². The normalized spacial score (nSPS) is 13.2. The number of amides is 2. The van der Waals surface area contributed by atoms with E-state index >= 15 is 0 Å². The molecule has 7 heteroatoms. The van der Waals surface area contributed by atoms with Crippen molar-refractivity contribution in [2.24, 2.45) is 0 Å². The molecule has 1 heterocycles. The van der Waals surface area contributed by atoms with Crippen LogP contribution in [-0.4, -0.2) is 28.2 Å². The van der Waals surface area contributed by atoms with Gasteiger partial charge in [-0.25, -0.2) is 0 Å². The topological polar surface area (TPSA) is 92.6 Å². The van der Waals surface area contributed by atoms with Crippen LogP contribution in [0.2, 0.25) is 0 Å². The van der Waals surface area contributed by atoms with E-state index in [1.54, 1.807) is 18.2 Å². The summed E-state index contributed by atoms with van der Waals surface area (Å²) in [6, 6.07) is 11.7. The molecule has 0 saturated heterocycles. The molecule has 0 atom stereocenters. The zero-order valence-corrected chi connectivity index (χ0v) is 15.6. The maximum absolute atomic E-state index is 12.2. The first-order valence-electron chi connectivity index (χ1n) is 9.09. The number of hydrogen-bond donors (Lipinski definition) is 1. The number of rotatable bonds is 5. The number of nitro groups is 1. The molecule has 0 bridgehead atoms. The van der Waals surface area contributed by atoms with Gasteiger partial charge in [0, 0.05) is 43.4 Å². The molecule has 1 aliphatic heterocycles. The third-order valence-electron chi connectivity index (χ3n) is 4.67. The van der Waals surface area contributed by atoms with Crippen LogP contribution < -0.4 is 5.32 Å². The molecule has 1 N–H and O–H groups in total. The van der Waals surface area contributed by atoms with Gasteiger partial charge in [-0.2, -0.15) is 0 Å². The van der Waals surface area contributed by atoms with Gasteiger partial charge in [0.2, 0.25) is 11.8 Å². The van der Waals surface area contributed by atoms with Gasteiger partial charge in [-0.05, 0) is 53.5 Å². The molecule has 28 heavy (non-hydrogen) atoms. The fourth-order valence-corrected chi connectivity index (χ4v) is 3.13. The molecule has 0 spiro atoms. The fraction of sp³-hybridized carbons (Fsp3) is 0.238. The van der Waals surface area contributed by atoms with E-state index in [0.29, 0.717) is 24.2 Å². The van der Waals surface area contributed by atoms with Crippen LogP contribution in [0.15, 0.2) is 48.5 Å². The molecule has 0 saturated carbocycles. The second kappa shape index (κ2) is 8.47. The van der Waals surface area contributed by atoms with E-state index in [9.17, 15) is 19.7 Å². The summed E-state index contributed by atoms with van der Waals surface area (Å²) in [6.45, 7) is 3.14. The van der Waals surface area contributed by atoms with Crippen molar-refractivity contribution in [3.8, 4) is 0 Å². The monoisotopic (exact) mass is 379 g/mol. The first-order chi connectivity index (χ1) is 13.5. The number of hydrogen-bond acceptors (Lipinski definition) is 4. The van der Waals surface area contributed by atoms with Crippen molar-refractivity contribution in [3.05, 3.63) is 75.3 Å². The molecule has 3 rings (SSSR count). The van der Waals surface area contributed by atoms with Gasteiger partial charge in [0.05, 0.1) is 4.92 Å². The minimum Gasteiger partial charge on any atom is -0.338 e. The maximum Gasteiger partial charge on any atom is 0.269 e. The third kappa shape index (κ3) is 4.62. The van der Waals surface area contributed by atoms with Crippen LogP contribution in [0.3, 0.4) is 0 Å². The van der Waals surface area contributed by atoms with E-state index in [1.807, 2.05) is 30.0 Å². The highest BCUT2D eigenvalue weighted by Crippen LogP contribution is 2.23. The molecule has 0 unspecified atom stereocenters. The van der Waals surface area contributed by atoms with Crippen LogP contribution in [0.5, 0.6) is 0 Å². The van der Waals surface area contributed by atoms with Crippen molar-refractivity contribution in [2.75, 3.05) is 11.9 Å². The SMILES string of the molecule is CCC(=O)N1CCc2ccc(NC(=O)/C=C/c3ccc([N+](=O)[O-])cc3)cc2C1. The Morgan fingerprint density at radius 3 is 2.61 bits per heavy atom. The summed E-state index contributed by atoms with van der Waals surface area (Å²) in [7, 11) is 0. The second-order valence-corrected chi connectivity index (χ2v) is 6.57. The number of nitrogens with one attached hydrogen (secondary N) is 1. The van der Waals surface area contributed by atoms with Gasteiger partial charge >= 0.3 is 0 Å². The molecule has 144 valence electrons. The van der Waals surface area contributed by atoms with Crippen molar-refractivity contribution >= 4 is 29.3 Å². The smallest absolute Gasteiger partial charge is 0.269 e. The highest BCUT2D eigenvalue weighted by molar-refractivity contribution is 6.02. The average molecular weight is 379 g/mol. The van der Waals surface area contributed by atoms with Crippen LogP contribution in [0.25, 0.3) is 6.08 Å². The lowest BCUT2D eigenvalue weighted by Crippen LogP contribution is -2.35. The van der Waals surface area contributed by atoms with Crippen LogP contribution >= 0.6 is 0 Å². The predicted octanol–water partition coefficient (Wildman–Crippen LogP) is 3.54. The lowest BCUT2D eigenvalue weighted by atomic mass is 9.99. The van der Waals surface area contributed by atoms with Crippen LogP contribution in [0.1, 0.15) is 30.0 Å². The van der Waals surface area contributed by atoms with Crippen molar-refractivity contribution in [2.45, 2.75) is 26.3 Å². The van der Waals surface area contributed by atoms with Gasteiger partial charge < -0.3 is 10.2 Å². The van der Waals surface area contributed by atoms with Crippen molar-refractivity contribution in [1.29, 1.82) is 0 Å². The summed E-state index contributed by atoms with van der Waals surface area (Å²) >= 11 is 0. The van der Waals surface area contributed by atoms with Gasteiger partial charge in [-0.15, -0.1) is 0 Å². The molecule has 2 aromatic carbocycles. The molecule has 0 radical (unpaired) electrons. The molecule has 0 fully saturated rings. The summed E-state index contributed by atoms with van der Waals surface area (Å²) in [4.78, 5) is 36.1. The van der Waals surface area contributed by atoms with Gasteiger partial charge in [0.1, 0.15) is 0 Å². The summed E-state index contributed by atoms with van der Waals surface area (Å²) in [5.41, 5.74) is 3.61. The van der Waals surface area contributed by atoms with E-state index < -0.39 is 4.92 Å². The number of carbonyl (C=O) groups excluding carboxylic acids is 2. The van der Waals surface area contributed by atoms with Gasteiger partial charge in [-0.1, -0.05) is 13.0 Å². The summed E-state index contributed by atoms with van der Waals surface area (Å²) in [5.74, 6) is -0.165. The van der Waals surface area contributed by atoms with Crippen LogP contribution in [0, 0.1) is 10.1 Å². The average Bonchev–Trinajstić information content (AvgIpc) is 2.71. The number of fused-ring (bicyclic) bond motifs is 1. The Kier molecular flexibility index (Phi) is 5.84. The Morgan fingerprint density at radius 2 is 1.93 bits per heavy atom. The summed E-state index contributed by atoms with van der Waals surface area (Å²) in [5, 5.41) is 13.5. The molecule has 0 aromatic heterocycles. The Hall–Kier alpha value is -3.48. The Bertz CT molecular complexity index is 935. The molecular formula is C21H21N3O4.